The first-order valence-corrected chi connectivity index (χ1v) is 4.18. The van der Waals surface area contributed by atoms with E-state index in [0.29, 0.717) is 0 Å². The van der Waals surface area contributed by atoms with Crippen molar-refractivity contribution in [2.75, 3.05) is 0 Å². The van der Waals surface area contributed by atoms with Crippen LogP contribution in [0.2, 0.25) is 0 Å². The maximum absolute atomic E-state index is 8.72. The van der Waals surface area contributed by atoms with Crippen LogP contribution in [0.3, 0.4) is 0 Å². The van der Waals surface area contributed by atoms with E-state index in [9.17, 15) is 0 Å². The molecule has 0 spiro atoms. The third kappa shape index (κ3) is 2.39. The van der Waals surface area contributed by atoms with E-state index in [1.807, 2.05) is 0 Å². The van der Waals surface area contributed by atoms with E-state index < -0.39 is 7.12 Å². The summed E-state index contributed by atoms with van der Waals surface area (Å²) in [7, 11) is -1.49. The molecule has 0 fully saturated rings. The molecule has 1 aromatic rings. The number of rotatable bonds is 4. The van der Waals surface area contributed by atoms with Crippen molar-refractivity contribution in [1.29, 1.82) is 0 Å². The Bertz CT molecular complexity index is 232. The van der Waals surface area contributed by atoms with E-state index in [1.54, 1.807) is 12.1 Å². The zero-order valence-electron chi connectivity index (χ0n) is 7.16. The maximum Gasteiger partial charge on any atom is 0.526 e. The van der Waals surface area contributed by atoms with Crippen LogP contribution in [-0.2, 0) is 6.42 Å². The number of furan rings is 1. The average Bonchev–Trinajstić information content (AvgIpc) is 2.48. The molecule has 4 heteroatoms. The molecule has 0 radical (unpaired) electrons. The molecule has 0 aliphatic heterocycles. The van der Waals surface area contributed by atoms with Crippen molar-refractivity contribution in [2.45, 2.75) is 26.2 Å². The van der Waals surface area contributed by atoms with Crippen LogP contribution < -0.4 is 5.66 Å². The van der Waals surface area contributed by atoms with Gasteiger partial charge in [-0.2, -0.15) is 0 Å². The Kier molecular flexibility index (Phi) is 3.38. The summed E-state index contributed by atoms with van der Waals surface area (Å²) in [6.07, 6.45) is 3.04. The van der Waals surface area contributed by atoms with Crippen LogP contribution in [0.1, 0.15) is 25.5 Å². The molecule has 0 saturated heterocycles. The molecule has 12 heavy (non-hydrogen) atoms. The van der Waals surface area contributed by atoms with Crippen LogP contribution in [0.4, 0.5) is 0 Å². The molecule has 0 amide bonds. The summed E-state index contributed by atoms with van der Waals surface area (Å²) >= 11 is 0. The standard InChI is InChI=1S/C8H13BO3/c1-2-3-4-7-5-6-8(12-7)9(10)11/h5-6,10-11H,2-4H2,1H3. The second kappa shape index (κ2) is 4.33. The predicted molar refractivity (Wildman–Crippen MR) is 47.1 cm³/mol. The zero-order chi connectivity index (χ0) is 8.97. The molecule has 1 aromatic heterocycles. The lowest BCUT2D eigenvalue weighted by Gasteiger charge is -1.94. The largest absolute Gasteiger partial charge is 0.526 e. The molecule has 0 atom stereocenters. The smallest absolute Gasteiger partial charge is 0.470 e. The fraction of sp³-hybridized carbons (Fsp3) is 0.500. The first-order chi connectivity index (χ1) is 5.74. The molecule has 0 saturated carbocycles. The summed E-state index contributed by atoms with van der Waals surface area (Å²) in [5.41, 5.74) is 0.223. The Morgan fingerprint density at radius 2 is 2.17 bits per heavy atom. The van der Waals surface area contributed by atoms with E-state index >= 15 is 0 Å². The molecular formula is C8H13BO3. The van der Waals surface area contributed by atoms with Gasteiger partial charge in [0.15, 0.2) is 0 Å². The second-order valence-corrected chi connectivity index (χ2v) is 2.78. The summed E-state index contributed by atoms with van der Waals surface area (Å²) in [5, 5.41) is 17.4. The number of hydrogen-bond acceptors (Lipinski definition) is 3. The molecule has 0 bridgehead atoms. The van der Waals surface area contributed by atoms with Gasteiger partial charge >= 0.3 is 7.12 Å². The van der Waals surface area contributed by atoms with E-state index in [1.165, 1.54) is 0 Å². The quantitative estimate of drug-likeness (QED) is 0.635. The summed E-state index contributed by atoms with van der Waals surface area (Å²) in [6.45, 7) is 2.10. The Balaban J connectivity index is 2.52. The third-order valence-corrected chi connectivity index (χ3v) is 1.71. The van der Waals surface area contributed by atoms with Crippen molar-refractivity contribution in [2.24, 2.45) is 0 Å². The normalized spacial score (nSPS) is 10.2. The van der Waals surface area contributed by atoms with Gasteiger partial charge in [0.05, 0.1) is 0 Å². The van der Waals surface area contributed by atoms with Crippen LogP contribution in [0, 0.1) is 0 Å². The van der Waals surface area contributed by atoms with Gasteiger partial charge in [-0.3, -0.25) is 0 Å². The van der Waals surface area contributed by atoms with Gasteiger partial charge in [0, 0.05) is 6.42 Å². The van der Waals surface area contributed by atoms with Crippen molar-refractivity contribution < 1.29 is 14.5 Å². The molecule has 0 aliphatic carbocycles. The van der Waals surface area contributed by atoms with Gasteiger partial charge in [-0.1, -0.05) is 13.3 Å². The van der Waals surface area contributed by atoms with Crippen molar-refractivity contribution in [1.82, 2.24) is 0 Å². The Morgan fingerprint density at radius 1 is 1.42 bits per heavy atom. The van der Waals surface area contributed by atoms with Crippen molar-refractivity contribution >= 4 is 12.8 Å². The van der Waals surface area contributed by atoms with Gasteiger partial charge in [0.1, 0.15) is 11.4 Å². The summed E-state index contributed by atoms with van der Waals surface area (Å²) in [4.78, 5) is 0. The van der Waals surface area contributed by atoms with E-state index in [2.05, 4.69) is 6.92 Å². The fourth-order valence-electron chi connectivity index (χ4n) is 1.02. The van der Waals surface area contributed by atoms with Gasteiger partial charge in [-0.15, -0.1) is 0 Å². The van der Waals surface area contributed by atoms with Gasteiger partial charge in [-0.05, 0) is 18.6 Å². The SMILES string of the molecule is CCCCc1ccc(B(O)O)o1. The lowest BCUT2D eigenvalue weighted by atomic mass is 9.88. The molecule has 0 unspecified atom stereocenters. The second-order valence-electron chi connectivity index (χ2n) is 2.78. The molecule has 1 rings (SSSR count). The molecule has 66 valence electrons. The molecule has 1 heterocycles. The summed E-state index contributed by atoms with van der Waals surface area (Å²) < 4.78 is 5.15. The minimum atomic E-state index is -1.49. The van der Waals surface area contributed by atoms with Crippen LogP contribution in [0.15, 0.2) is 16.5 Å². The predicted octanol–water partition coefficient (Wildman–Crippen LogP) is 0.302. The number of unbranched alkanes of at least 4 members (excludes halogenated alkanes) is 1. The summed E-state index contributed by atoms with van der Waals surface area (Å²) in [5.74, 6) is 0.819. The van der Waals surface area contributed by atoms with E-state index in [0.717, 1.165) is 25.0 Å². The Hall–Kier alpha value is -0.735. The highest BCUT2D eigenvalue weighted by atomic mass is 16.4. The Labute approximate surface area is 72.2 Å². The van der Waals surface area contributed by atoms with Crippen LogP contribution in [0.25, 0.3) is 0 Å². The lowest BCUT2D eigenvalue weighted by Crippen LogP contribution is -2.27. The van der Waals surface area contributed by atoms with Crippen molar-refractivity contribution in [3.05, 3.63) is 17.9 Å². The van der Waals surface area contributed by atoms with Crippen molar-refractivity contribution in [3.8, 4) is 0 Å². The van der Waals surface area contributed by atoms with Crippen LogP contribution in [-0.4, -0.2) is 17.2 Å². The zero-order valence-corrected chi connectivity index (χ0v) is 7.16. The monoisotopic (exact) mass is 168 g/mol. The lowest BCUT2D eigenvalue weighted by molar-refractivity contribution is 0.404. The molecule has 3 nitrogen and oxygen atoms in total. The van der Waals surface area contributed by atoms with Gasteiger partial charge in [0.2, 0.25) is 0 Å². The minimum absolute atomic E-state index is 0.223. The highest BCUT2D eigenvalue weighted by molar-refractivity contribution is 6.56. The fourth-order valence-corrected chi connectivity index (χ4v) is 1.02. The van der Waals surface area contributed by atoms with Crippen LogP contribution in [0.5, 0.6) is 0 Å². The third-order valence-electron chi connectivity index (χ3n) is 1.71. The maximum atomic E-state index is 8.72. The van der Waals surface area contributed by atoms with Gasteiger partial charge in [-0.25, -0.2) is 0 Å². The summed E-state index contributed by atoms with van der Waals surface area (Å²) in [6, 6.07) is 3.38. The van der Waals surface area contributed by atoms with E-state index in [4.69, 9.17) is 14.5 Å². The van der Waals surface area contributed by atoms with Gasteiger partial charge in [0.25, 0.3) is 0 Å². The number of aryl methyl sites for hydroxylation is 1. The Morgan fingerprint density at radius 3 is 2.67 bits per heavy atom. The average molecular weight is 168 g/mol. The first-order valence-electron chi connectivity index (χ1n) is 4.18. The highest BCUT2D eigenvalue weighted by Gasteiger charge is 2.15. The molecule has 0 aliphatic rings. The molecule has 0 aromatic carbocycles. The minimum Gasteiger partial charge on any atom is -0.470 e. The molecule has 2 N–H and O–H groups in total. The highest BCUT2D eigenvalue weighted by Crippen LogP contribution is 2.03. The van der Waals surface area contributed by atoms with Gasteiger partial charge < -0.3 is 14.5 Å². The number of hydrogen-bond donors (Lipinski definition) is 2. The first kappa shape index (κ1) is 9.35. The van der Waals surface area contributed by atoms with E-state index in [-0.39, 0.29) is 5.66 Å². The van der Waals surface area contributed by atoms with Crippen molar-refractivity contribution in [3.63, 3.8) is 0 Å². The topological polar surface area (TPSA) is 53.6 Å². The van der Waals surface area contributed by atoms with Crippen LogP contribution >= 0.6 is 0 Å². The molecular weight excluding hydrogens is 155 g/mol.